The lowest BCUT2D eigenvalue weighted by Crippen LogP contribution is -2.38. The second kappa shape index (κ2) is 5.59. The lowest BCUT2D eigenvalue weighted by Gasteiger charge is -2.27. The highest BCUT2D eigenvalue weighted by atomic mass is 19.1. The van der Waals surface area contributed by atoms with Crippen LogP contribution in [0.3, 0.4) is 0 Å². The van der Waals surface area contributed by atoms with Crippen LogP contribution in [0.25, 0.3) is 0 Å². The first-order valence-electron chi connectivity index (χ1n) is 6.69. The average molecular weight is 265 g/mol. The van der Waals surface area contributed by atoms with Gasteiger partial charge < -0.3 is 9.64 Å². The van der Waals surface area contributed by atoms with Crippen LogP contribution in [0.4, 0.5) is 4.39 Å². The molecule has 2 rings (SSSR count). The third kappa shape index (κ3) is 2.72. The van der Waals surface area contributed by atoms with Crippen molar-refractivity contribution in [2.75, 3.05) is 13.7 Å². The van der Waals surface area contributed by atoms with E-state index in [0.29, 0.717) is 18.2 Å². The van der Waals surface area contributed by atoms with Crippen LogP contribution in [0.15, 0.2) is 18.2 Å². The molecule has 0 aromatic heterocycles. The van der Waals surface area contributed by atoms with E-state index in [0.717, 1.165) is 12.8 Å². The number of ether oxygens (including phenoxy) is 1. The van der Waals surface area contributed by atoms with Crippen molar-refractivity contribution in [3.05, 3.63) is 29.6 Å². The molecule has 19 heavy (non-hydrogen) atoms. The number of halogens is 1. The van der Waals surface area contributed by atoms with Gasteiger partial charge in [0.1, 0.15) is 11.6 Å². The van der Waals surface area contributed by atoms with E-state index < -0.39 is 5.82 Å². The fourth-order valence-electron chi connectivity index (χ4n) is 2.69. The van der Waals surface area contributed by atoms with Gasteiger partial charge in [-0.2, -0.15) is 0 Å². The highest BCUT2D eigenvalue weighted by Gasteiger charge is 2.32. The van der Waals surface area contributed by atoms with Gasteiger partial charge in [0.15, 0.2) is 0 Å². The van der Waals surface area contributed by atoms with Crippen LogP contribution in [0.1, 0.15) is 37.0 Å². The summed E-state index contributed by atoms with van der Waals surface area (Å²) in [6, 6.07) is 4.60. The lowest BCUT2D eigenvalue weighted by molar-refractivity contribution is 0.0696. The van der Waals surface area contributed by atoms with E-state index in [4.69, 9.17) is 4.74 Å². The number of hydrogen-bond donors (Lipinski definition) is 0. The zero-order valence-electron chi connectivity index (χ0n) is 11.6. The van der Waals surface area contributed by atoms with Gasteiger partial charge in [0, 0.05) is 18.7 Å². The quantitative estimate of drug-likeness (QED) is 0.840. The number of likely N-dealkylation sites (tertiary alicyclic amines) is 1. The first-order chi connectivity index (χ1) is 9.04. The molecule has 1 aliphatic heterocycles. The van der Waals surface area contributed by atoms with Crippen LogP contribution >= 0.6 is 0 Å². The van der Waals surface area contributed by atoms with Crippen molar-refractivity contribution in [3.8, 4) is 5.75 Å². The van der Waals surface area contributed by atoms with Crippen molar-refractivity contribution < 1.29 is 13.9 Å². The Morgan fingerprint density at radius 3 is 2.79 bits per heavy atom. The Hall–Kier alpha value is -1.58. The molecule has 0 bridgehead atoms. The van der Waals surface area contributed by atoms with Crippen molar-refractivity contribution >= 4 is 5.91 Å². The second-order valence-electron chi connectivity index (χ2n) is 5.30. The summed E-state index contributed by atoms with van der Waals surface area (Å²) < 4.78 is 18.9. The zero-order valence-corrected chi connectivity index (χ0v) is 11.6. The molecule has 0 N–H and O–H groups in total. The molecule has 0 spiro atoms. The molecular weight excluding hydrogens is 245 g/mol. The number of methoxy groups -OCH3 is 1. The molecule has 0 radical (unpaired) electrons. The minimum Gasteiger partial charge on any atom is -0.497 e. The maximum absolute atomic E-state index is 13.9. The van der Waals surface area contributed by atoms with E-state index in [9.17, 15) is 9.18 Å². The fourth-order valence-corrected chi connectivity index (χ4v) is 2.69. The summed E-state index contributed by atoms with van der Waals surface area (Å²) in [5, 5.41) is 0. The van der Waals surface area contributed by atoms with Crippen molar-refractivity contribution in [3.63, 3.8) is 0 Å². The Balaban J connectivity index is 2.24. The van der Waals surface area contributed by atoms with Gasteiger partial charge in [0.2, 0.25) is 0 Å². The smallest absolute Gasteiger partial charge is 0.257 e. The maximum atomic E-state index is 13.9. The molecule has 1 atom stereocenters. The molecule has 1 aliphatic rings. The minimum absolute atomic E-state index is 0.133. The number of rotatable bonds is 3. The summed E-state index contributed by atoms with van der Waals surface area (Å²) in [4.78, 5) is 14.2. The fraction of sp³-hybridized carbons (Fsp3) is 0.533. The highest BCUT2D eigenvalue weighted by Crippen LogP contribution is 2.27. The van der Waals surface area contributed by atoms with E-state index in [1.807, 2.05) is 0 Å². The second-order valence-corrected chi connectivity index (χ2v) is 5.30. The van der Waals surface area contributed by atoms with Gasteiger partial charge in [-0.25, -0.2) is 4.39 Å². The van der Waals surface area contributed by atoms with Crippen LogP contribution in [0, 0.1) is 11.7 Å². The molecule has 104 valence electrons. The Kier molecular flexibility index (Phi) is 4.08. The molecule has 4 heteroatoms. The molecule has 0 aliphatic carbocycles. The minimum atomic E-state index is -0.515. The van der Waals surface area contributed by atoms with Gasteiger partial charge in [-0.3, -0.25) is 4.79 Å². The summed E-state index contributed by atoms with van der Waals surface area (Å²) in [6.45, 7) is 4.91. The Bertz CT molecular complexity index is 473. The molecule has 3 nitrogen and oxygen atoms in total. The number of hydrogen-bond acceptors (Lipinski definition) is 2. The van der Waals surface area contributed by atoms with Crippen molar-refractivity contribution in [2.45, 2.75) is 32.7 Å². The molecular formula is C15H20FNO2. The molecule has 1 saturated heterocycles. The zero-order chi connectivity index (χ0) is 14.0. The highest BCUT2D eigenvalue weighted by molar-refractivity contribution is 5.95. The monoisotopic (exact) mass is 265 g/mol. The first kappa shape index (κ1) is 13.8. The number of carbonyl (C=O) groups excluding carboxylic acids is 1. The number of amides is 1. The predicted molar refractivity (Wildman–Crippen MR) is 71.8 cm³/mol. The molecule has 0 saturated carbocycles. The van der Waals surface area contributed by atoms with Crippen molar-refractivity contribution in [2.24, 2.45) is 5.92 Å². The van der Waals surface area contributed by atoms with Crippen molar-refractivity contribution in [1.82, 2.24) is 4.90 Å². The van der Waals surface area contributed by atoms with Gasteiger partial charge >= 0.3 is 0 Å². The third-order valence-electron chi connectivity index (χ3n) is 3.74. The van der Waals surface area contributed by atoms with Gasteiger partial charge in [0.25, 0.3) is 5.91 Å². The van der Waals surface area contributed by atoms with Gasteiger partial charge in [-0.15, -0.1) is 0 Å². The van der Waals surface area contributed by atoms with Crippen molar-refractivity contribution in [1.29, 1.82) is 0 Å². The SMILES string of the molecule is COc1ccc(C(=O)N2CCCC2C(C)C)c(F)c1. The largest absolute Gasteiger partial charge is 0.497 e. The van der Waals surface area contributed by atoms with Crippen LogP contribution in [-0.2, 0) is 0 Å². The molecule has 1 aromatic rings. The summed E-state index contributed by atoms with van der Waals surface area (Å²) in [5.74, 6) is 0.0961. The predicted octanol–water partition coefficient (Wildman–Crippen LogP) is 3.09. The Morgan fingerprint density at radius 2 is 2.21 bits per heavy atom. The van der Waals surface area contributed by atoms with Crippen LogP contribution in [0.5, 0.6) is 5.75 Å². The summed E-state index contributed by atoms with van der Waals surface area (Å²) in [7, 11) is 1.48. The van der Waals surface area contributed by atoms with Crippen LogP contribution in [0.2, 0.25) is 0 Å². The van der Waals surface area contributed by atoms with Gasteiger partial charge in [0.05, 0.1) is 12.7 Å². The number of benzene rings is 1. The maximum Gasteiger partial charge on any atom is 0.257 e. The Labute approximate surface area is 113 Å². The summed E-state index contributed by atoms with van der Waals surface area (Å²) in [6.07, 6.45) is 1.99. The molecule has 1 fully saturated rings. The van der Waals surface area contributed by atoms with Crippen LogP contribution in [-0.4, -0.2) is 30.5 Å². The standard InChI is InChI=1S/C15H20FNO2/c1-10(2)14-5-4-8-17(14)15(18)12-7-6-11(19-3)9-13(12)16/h6-7,9-10,14H,4-5,8H2,1-3H3. The van der Waals surface area contributed by atoms with E-state index in [-0.39, 0.29) is 17.5 Å². The molecule has 1 unspecified atom stereocenters. The average Bonchev–Trinajstić information content (AvgIpc) is 2.87. The number of nitrogens with zero attached hydrogens (tertiary/aromatic N) is 1. The summed E-state index contributed by atoms with van der Waals surface area (Å²) in [5.41, 5.74) is 0.133. The molecule has 1 amide bonds. The normalized spacial score (nSPS) is 19.0. The van der Waals surface area contributed by atoms with E-state index >= 15 is 0 Å². The third-order valence-corrected chi connectivity index (χ3v) is 3.74. The van der Waals surface area contributed by atoms with E-state index in [1.165, 1.54) is 19.2 Å². The topological polar surface area (TPSA) is 29.5 Å². The number of carbonyl (C=O) groups is 1. The van der Waals surface area contributed by atoms with E-state index in [2.05, 4.69) is 13.8 Å². The Morgan fingerprint density at radius 1 is 1.47 bits per heavy atom. The van der Waals surface area contributed by atoms with Gasteiger partial charge in [-0.05, 0) is 30.9 Å². The van der Waals surface area contributed by atoms with Gasteiger partial charge in [-0.1, -0.05) is 13.8 Å². The van der Waals surface area contributed by atoms with Crippen LogP contribution < -0.4 is 4.74 Å². The summed E-state index contributed by atoms with van der Waals surface area (Å²) >= 11 is 0. The van der Waals surface area contributed by atoms with E-state index in [1.54, 1.807) is 11.0 Å². The molecule has 1 aromatic carbocycles. The molecule has 1 heterocycles. The first-order valence-corrected chi connectivity index (χ1v) is 6.69. The lowest BCUT2D eigenvalue weighted by atomic mass is 10.0.